The van der Waals surface area contributed by atoms with Crippen molar-refractivity contribution in [1.82, 2.24) is 0 Å². The topological polar surface area (TPSA) is 49.7 Å². The summed E-state index contributed by atoms with van der Waals surface area (Å²) in [7, 11) is -1.35. The molecular formula is C10H14BClO3. The van der Waals surface area contributed by atoms with Crippen LogP contribution in [0, 0.1) is 0 Å². The van der Waals surface area contributed by atoms with Crippen molar-refractivity contribution in [1.29, 1.82) is 0 Å². The van der Waals surface area contributed by atoms with E-state index in [4.69, 9.17) is 26.4 Å². The van der Waals surface area contributed by atoms with Crippen molar-refractivity contribution in [2.45, 2.75) is 19.2 Å². The van der Waals surface area contributed by atoms with Crippen LogP contribution in [-0.4, -0.2) is 23.8 Å². The minimum Gasteiger partial charge on any atom is -0.492 e. The third kappa shape index (κ3) is 3.74. The number of rotatable bonds is 5. The van der Waals surface area contributed by atoms with Crippen LogP contribution in [0.15, 0.2) is 24.3 Å². The van der Waals surface area contributed by atoms with E-state index in [1.165, 1.54) is 0 Å². The van der Waals surface area contributed by atoms with E-state index in [9.17, 15) is 0 Å². The normalized spacial score (nSPS) is 12.3. The summed E-state index contributed by atoms with van der Waals surface area (Å²) in [4.78, 5) is 0. The Balaban J connectivity index is 2.53. The summed E-state index contributed by atoms with van der Waals surface area (Å²) in [6, 6.07) is 7.11. The largest absolute Gasteiger partial charge is 0.492 e. The molecule has 0 saturated heterocycles. The van der Waals surface area contributed by atoms with Gasteiger partial charge in [0.15, 0.2) is 0 Å². The first-order chi connectivity index (χ1) is 7.15. The first-order valence-electron chi connectivity index (χ1n) is 4.88. The molecule has 0 fully saturated rings. The Bertz CT molecular complexity index is 306. The summed E-state index contributed by atoms with van der Waals surface area (Å²) in [6.07, 6.45) is 0.641. The van der Waals surface area contributed by atoms with Crippen LogP contribution in [0.5, 0.6) is 5.75 Å². The molecule has 0 aromatic heterocycles. The first kappa shape index (κ1) is 12.4. The van der Waals surface area contributed by atoms with E-state index >= 15 is 0 Å². The van der Waals surface area contributed by atoms with Crippen molar-refractivity contribution in [2.75, 3.05) is 6.61 Å². The first-order valence-corrected chi connectivity index (χ1v) is 5.26. The van der Waals surface area contributed by atoms with Crippen LogP contribution in [0.2, 0.25) is 10.8 Å². The molecular weight excluding hydrogens is 214 g/mol. The van der Waals surface area contributed by atoms with Crippen molar-refractivity contribution in [3.8, 4) is 5.75 Å². The predicted octanol–water partition coefficient (Wildman–Crippen LogP) is 1.97. The zero-order valence-corrected chi connectivity index (χ0v) is 9.31. The summed E-state index contributed by atoms with van der Waals surface area (Å²) >= 11 is 5.88. The third-order valence-corrected chi connectivity index (χ3v) is 2.55. The highest BCUT2D eigenvalue weighted by molar-refractivity contribution is 6.43. The molecule has 0 aliphatic heterocycles. The van der Waals surface area contributed by atoms with Gasteiger partial charge in [0.1, 0.15) is 5.75 Å². The van der Waals surface area contributed by atoms with E-state index in [2.05, 4.69) is 0 Å². The van der Waals surface area contributed by atoms with Gasteiger partial charge in [-0.3, -0.25) is 0 Å². The van der Waals surface area contributed by atoms with Gasteiger partial charge in [0.2, 0.25) is 0 Å². The van der Waals surface area contributed by atoms with Gasteiger partial charge in [0.05, 0.1) is 11.6 Å². The Hall–Kier alpha value is -0.705. The molecule has 1 rings (SSSR count). The highest BCUT2D eigenvalue weighted by atomic mass is 35.5. The lowest BCUT2D eigenvalue weighted by Gasteiger charge is -2.15. The van der Waals surface area contributed by atoms with Gasteiger partial charge < -0.3 is 14.8 Å². The second-order valence-corrected chi connectivity index (χ2v) is 3.73. The Labute approximate surface area is 94.8 Å². The molecule has 0 unspecified atom stereocenters. The minimum atomic E-state index is -1.35. The maximum Gasteiger partial charge on any atom is 0.458 e. The molecule has 0 spiro atoms. The Morgan fingerprint density at radius 1 is 1.40 bits per heavy atom. The summed E-state index contributed by atoms with van der Waals surface area (Å²) in [5, 5.41) is 18.5. The Morgan fingerprint density at radius 3 is 2.60 bits per heavy atom. The summed E-state index contributed by atoms with van der Waals surface area (Å²) < 4.78 is 5.40. The second-order valence-electron chi connectivity index (χ2n) is 3.32. The average molecular weight is 228 g/mol. The molecule has 15 heavy (non-hydrogen) atoms. The molecule has 0 amide bonds. The number of benzene rings is 1. The van der Waals surface area contributed by atoms with E-state index in [0.29, 0.717) is 17.2 Å². The van der Waals surface area contributed by atoms with Crippen molar-refractivity contribution >= 4 is 18.7 Å². The van der Waals surface area contributed by atoms with Gasteiger partial charge in [0.25, 0.3) is 0 Å². The monoisotopic (exact) mass is 228 g/mol. The van der Waals surface area contributed by atoms with Crippen LogP contribution < -0.4 is 4.74 Å². The van der Waals surface area contributed by atoms with Gasteiger partial charge in [0, 0.05) is 5.82 Å². The highest BCUT2D eigenvalue weighted by Crippen LogP contribution is 2.24. The van der Waals surface area contributed by atoms with Gasteiger partial charge in [-0.25, -0.2) is 0 Å². The SMILES string of the molecule is CC[C@H](COc1ccccc1Cl)B(O)O. The van der Waals surface area contributed by atoms with Gasteiger partial charge in [-0.15, -0.1) is 0 Å². The fourth-order valence-corrected chi connectivity index (χ4v) is 1.36. The van der Waals surface area contributed by atoms with E-state index < -0.39 is 7.12 Å². The van der Waals surface area contributed by atoms with E-state index in [0.717, 1.165) is 0 Å². The molecule has 0 saturated carbocycles. The Morgan fingerprint density at radius 2 is 2.07 bits per heavy atom. The maximum atomic E-state index is 9.00. The average Bonchev–Trinajstić information content (AvgIpc) is 2.21. The van der Waals surface area contributed by atoms with Crippen LogP contribution in [0.4, 0.5) is 0 Å². The lowest BCUT2D eigenvalue weighted by Crippen LogP contribution is -2.25. The number of ether oxygens (including phenoxy) is 1. The van der Waals surface area contributed by atoms with Gasteiger partial charge in [-0.05, 0) is 12.1 Å². The highest BCUT2D eigenvalue weighted by Gasteiger charge is 2.22. The summed E-state index contributed by atoms with van der Waals surface area (Å²) in [5.74, 6) is 0.277. The zero-order valence-electron chi connectivity index (χ0n) is 8.56. The van der Waals surface area contributed by atoms with Crippen LogP contribution in [-0.2, 0) is 0 Å². The van der Waals surface area contributed by atoms with Crippen LogP contribution >= 0.6 is 11.6 Å². The predicted molar refractivity (Wildman–Crippen MR) is 61.2 cm³/mol. The fraction of sp³-hybridized carbons (Fsp3) is 0.400. The standard InChI is InChI=1S/C10H14BClO3/c1-2-8(11(13)14)7-15-10-6-4-3-5-9(10)12/h3-6,8,13-14H,2,7H2,1H3/t8-/m1/s1. The fourth-order valence-electron chi connectivity index (χ4n) is 1.17. The number of para-hydroxylation sites is 1. The van der Waals surface area contributed by atoms with Crippen LogP contribution in [0.3, 0.4) is 0 Å². The van der Waals surface area contributed by atoms with Crippen molar-refractivity contribution in [2.24, 2.45) is 0 Å². The van der Waals surface area contributed by atoms with E-state index in [-0.39, 0.29) is 12.4 Å². The number of hydrogen-bond acceptors (Lipinski definition) is 3. The molecule has 1 atom stereocenters. The molecule has 0 aliphatic carbocycles. The van der Waals surface area contributed by atoms with Crippen LogP contribution in [0.1, 0.15) is 13.3 Å². The lowest BCUT2D eigenvalue weighted by molar-refractivity contribution is 0.277. The molecule has 0 radical (unpaired) electrons. The molecule has 0 heterocycles. The minimum absolute atomic E-state index is 0.248. The molecule has 1 aromatic carbocycles. The molecule has 82 valence electrons. The summed E-state index contributed by atoms with van der Waals surface area (Å²) in [6.45, 7) is 2.12. The quantitative estimate of drug-likeness (QED) is 0.758. The van der Waals surface area contributed by atoms with Gasteiger partial charge in [-0.2, -0.15) is 0 Å². The molecule has 1 aromatic rings. The van der Waals surface area contributed by atoms with Gasteiger partial charge in [-0.1, -0.05) is 37.1 Å². The van der Waals surface area contributed by atoms with E-state index in [1.54, 1.807) is 12.1 Å². The lowest BCUT2D eigenvalue weighted by atomic mass is 9.72. The summed E-state index contributed by atoms with van der Waals surface area (Å²) in [5.41, 5.74) is 0. The van der Waals surface area contributed by atoms with Gasteiger partial charge >= 0.3 is 7.12 Å². The molecule has 0 aliphatic rings. The van der Waals surface area contributed by atoms with Crippen molar-refractivity contribution in [3.63, 3.8) is 0 Å². The van der Waals surface area contributed by atoms with E-state index in [1.807, 2.05) is 19.1 Å². The van der Waals surface area contributed by atoms with Crippen molar-refractivity contribution in [3.05, 3.63) is 29.3 Å². The Kier molecular flexibility index (Phi) is 4.95. The third-order valence-electron chi connectivity index (χ3n) is 2.24. The smallest absolute Gasteiger partial charge is 0.458 e. The molecule has 0 bridgehead atoms. The molecule has 3 nitrogen and oxygen atoms in total. The molecule has 2 N–H and O–H groups in total. The number of halogens is 1. The van der Waals surface area contributed by atoms with Crippen molar-refractivity contribution < 1.29 is 14.8 Å². The molecule has 5 heteroatoms. The zero-order chi connectivity index (χ0) is 11.3. The number of hydrogen-bond donors (Lipinski definition) is 2. The maximum absolute atomic E-state index is 9.00. The van der Waals surface area contributed by atoms with Crippen LogP contribution in [0.25, 0.3) is 0 Å². The second kappa shape index (κ2) is 6.00.